The van der Waals surface area contributed by atoms with Crippen LogP contribution in [0.15, 0.2) is 18.3 Å². The maximum atomic E-state index is 5.94. The van der Waals surface area contributed by atoms with Crippen LogP contribution < -0.4 is 0 Å². The van der Waals surface area contributed by atoms with Gasteiger partial charge in [0.25, 0.3) is 0 Å². The van der Waals surface area contributed by atoms with E-state index in [1.807, 2.05) is 12.3 Å². The third-order valence-electron chi connectivity index (χ3n) is 5.29. The number of hydrogen-bond acceptors (Lipinski definition) is 4. The standard InChI is InChI=1S/C18H26N4O/c1-13(2)21-10-7-14(8-11-21)22-17-15(5-3-9-19-17)20-18(22)16-6-4-12-23-16/h3,5,9,13-14,16H,4,6-8,10-12H2,1-2H3. The first-order chi connectivity index (χ1) is 11.2. The van der Waals surface area contributed by atoms with Gasteiger partial charge in [-0.1, -0.05) is 0 Å². The molecule has 0 saturated carbocycles. The third kappa shape index (κ3) is 2.76. The molecule has 23 heavy (non-hydrogen) atoms. The Hall–Kier alpha value is -1.46. The summed E-state index contributed by atoms with van der Waals surface area (Å²) < 4.78 is 8.33. The molecule has 0 bridgehead atoms. The summed E-state index contributed by atoms with van der Waals surface area (Å²) in [7, 11) is 0. The predicted molar refractivity (Wildman–Crippen MR) is 90.4 cm³/mol. The summed E-state index contributed by atoms with van der Waals surface area (Å²) in [5, 5.41) is 0. The van der Waals surface area contributed by atoms with Crippen molar-refractivity contribution in [2.45, 2.75) is 57.7 Å². The molecule has 124 valence electrons. The molecule has 0 aliphatic carbocycles. The number of hydrogen-bond donors (Lipinski definition) is 0. The second-order valence-corrected chi connectivity index (χ2v) is 7.05. The van der Waals surface area contributed by atoms with Crippen molar-refractivity contribution >= 4 is 11.2 Å². The van der Waals surface area contributed by atoms with Crippen LogP contribution in [0.4, 0.5) is 0 Å². The first kappa shape index (κ1) is 15.1. The highest BCUT2D eigenvalue weighted by atomic mass is 16.5. The predicted octanol–water partition coefficient (Wildman–Crippen LogP) is 3.33. The van der Waals surface area contributed by atoms with Gasteiger partial charge in [0.2, 0.25) is 0 Å². The smallest absolute Gasteiger partial charge is 0.160 e. The van der Waals surface area contributed by atoms with Crippen molar-refractivity contribution in [2.75, 3.05) is 19.7 Å². The van der Waals surface area contributed by atoms with Gasteiger partial charge >= 0.3 is 0 Å². The van der Waals surface area contributed by atoms with Crippen LogP contribution in [0.3, 0.4) is 0 Å². The van der Waals surface area contributed by atoms with Gasteiger partial charge in [0, 0.05) is 38.0 Å². The normalized spacial score (nSPS) is 24.0. The van der Waals surface area contributed by atoms with Gasteiger partial charge in [0.1, 0.15) is 17.4 Å². The lowest BCUT2D eigenvalue weighted by molar-refractivity contribution is 0.0955. The quantitative estimate of drug-likeness (QED) is 0.871. The molecule has 2 fully saturated rings. The molecule has 0 N–H and O–H groups in total. The largest absolute Gasteiger partial charge is 0.370 e. The second-order valence-electron chi connectivity index (χ2n) is 7.05. The Bertz CT molecular complexity index is 667. The van der Waals surface area contributed by atoms with Crippen LogP contribution in [0.5, 0.6) is 0 Å². The molecule has 2 aliphatic heterocycles. The Morgan fingerprint density at radius 2 is 2.04 bits per heavy atom. The highest BCUT2D eigenvalue weighted by Gasteiger charge is 2.30. The van der Waals surface area contributed by atoms with Gasteiger partial charge in [-0.25, -0.2) is 9.97 Å². The van der Waals surface area contributed by atoms with Gasteiger partial charge in [-0.3, -0.25) is 0 Å². The summed E-state index contributed by atoms with van der Waals surface area (Å²) in [6.07, 6.45) is 6.57. The number of imidazole rings is 1. The second kappa shape index (κ2) is 6.21. The van der Waals surface area contributed by atoms with Crippen LogP contribution in [-0.4, -0.2) is 45.2 Å². The highest BCUT2D eigenvalue weighted by molar-refractivity contribution is 5.71. The number of rotatable bonds is 3. The van der Waals surface area contributed by atoms with E-state index in [0.29, 0.717) is 12.1 Å². The van der Waals surface area contributed by atoms with E-state index in [4.69, 9.17) is 9.72 Å². The molecule has 0 spiro atoms. The van der Waals surface area contributed by atoms with Crippen LogP contribution in [0.2, 0.25) is 0 Å². The highest BCUT2D eigenvalue weighted by Crippen LogP contribution is 2.35. The molecule has 0 aromatic carbocycles. The van der Waals surface area contributed by atoms with Crippen molar-refractivity contribution in [3.63, 3.8) is 0 Å². The van der Waals surface area contributed by atoms with Crippen molar-refractivity contribution in [3.8, 4) is 0 Å². The Balaban J connectivity index is 1.69. The Morgan fingerprint density at radius 1 is 1.22 bits per heavy atom. The number of aromatic nitrogens is 3. The van der Waals surface area contributed by atoms with E-state index in [9.17, 15) is 0 Å². The minimum absolute atomic E-state index is 0.146. The fraction of sp³-hybridized carbons (Fsp3) is 0.667. The van der Waals surface area contributed by atoms with Crippen LogP contribution in [0, 0.1) is 0 Å². The van der Waals surface area contributed by atoms with Gasteiger partial charge in [-0.15, -0.1) is 0 Å². The van der Waals surface area contributed by atoms with Crippen molar-refractivity contribution in [3.05, 3.63) is 24.2 Å². The number of piperidine rings is 1. The first-order valence-corrected chi connectivity index (χ1v) is 8.92. The lowest BCUT2D eigenvalue weighted by Gasteiger charge is -2.36. The maximum Gasteiger partial charge on any atom is 0.160 e. The van der Waals surface area contributed by atoms with Gasteiger partial charge in [-0.05, 0) is 51.7 Å². The summed E-state index contributed by atoms with van der Waals surface area (Å²) in [6, 6.07) is 5.16. The van der Waals surface area contributed by atoms with E-state index < -0.39 is 0 Å². The maximum absolute atomic E-state index is 5.94. The monoisotopic (exact) mass is 314 g/mol. The molecular formula is C18H26N4O. The van der Waals surface area contributed by atoms with Gasteiger partial charge < -0.3 is 14.2 Å². The fourth-order valence-corrected chi connectivity index (χ4v) is 3.98. The van der Waals surface area contributed by atoms with Gasteiger partial charge in [0.05, 0.1) is 0 Å². The molecule has 4 heterocycles. The molecule has 5 heteroatoms. The lowest BCUT2D eigenvalue weighted by atomic mass is 10.0. The first-order valence-electron chi connectivity index (χ1n) is 8.92. The van der Waals surface area contributed by atoms with Crippen LogP contribution in [0.1, 0.15) is 57.5 Å². The van der Waals surface area contributed by atoms with Crippen LogP contribution >= 0.6 is 0 Å². The molecule has 0 radical (unpaired) electrons. The van der Waals surface area contributed by atoms with E-state index in [2.05, 4.69) is 34.4 Å². The minimum atomic E-state index is 0.146. The summed E-state index contributed by atoms with van der Waals surface area (Å²) in [4.78, 5) is 12.1. The summed E-state index contributed by atoms with van der Waals surface area (Å²) >= 11 is 0. The number of pyridine rings is 1. The molecule has 2 aromatic heterocycles. The Morgan fingerprint density at radius 3 is 2.74 bits per heavy atom. The Labute approximate surface area is 137 Å². The molecule has 1 unspecified atom stereocenters. The molecule has 2 saturated heterocycles. The van der Waals surface area contributed by atoms with Crippen molar-refractivity contribution in [2.24, 2.45) is 0 Å². The zero-order valence-electron chi connectivity index (χ0n) is 14.1. The number of nitrogens with zero attached hydrogens (tertiary/aromatic N) is 4. The fourth-order valence-electron chi connectivity index (χ4n) is 3.98. The molecule has 1 atom stereocenters. The summed E-state index contributed by atoms with van der Waals surface area (Å²) in [6.45, 7) is 7.73. The molecule has 2 aliphatic rings. The van der Waals surface area contributed by atoms with Crippen LogP contribution in [-0.2, 0) is 4.74 Å². The SMILES string of the molecule is CC(C)N1CCC(n2c(C3CCCO3)nc3cccnc32)CC1. The van der Waals surface area contributed by atoms with Crippen molar-refractivity contribution < 1.29 is 4.74 Å². The topological polar surface area (TPSA) is 43.2 Å². The number of ether oxygens (including phenoxy) is 1. The molecule has 2 aromatic rings. The van der Waals surface area contributed by atoms with Crippen molar-refractivity contribution in [1.82, 2.24) is 19.4 Å². The average molecular weight is 314 g/mol. The van der Waals surface area contributed by atoms with E-state index in [1.165, 1.54) is 12.8 Å². The zero-order chi connectivity index (χ0) is 15.8. The zero-order valence-corrected chi connectivity index (χ0v) is 14.1. The lowest BCUT2D eigenvalue weighted by Crippen LogP contribution is -2.39. The van der Waals surface area contributed by atoms with Crippen molar-refractivity contribution in [1.29, 1.82) is 0 Å². The Kier molecular flexibility index (Phi) is 4.07. The average Bonchev–Trinajstić information content (AvgIpc) is 3.22. The molecule has 5 nitrogen and oxygen atoms in total. The molecule has 4 rings (SSSR count). The minimum Gasteiger partial charge on any atom is -0.370 e. The molecular weight excluding hydrogens is 288 g/mol. The van der Waals surface area contributed by atoms with Gasteiger partial charge in [-0.2, -0.15) is 0 Å². The third-order valence-corrected chi connectivity index (χ3v) is 5.29. The van der Waals surface area contributed by atoms with E-state index in [-0.39, 0.29) is 6.10 Å². The summed E-state index contributed by atoms with van der Waals surface area (Å²) in [5.41, 5.74) is 2.03. The summed E-state index contributed by atoms with van der Waals surface area (Å²) in [5.74, 6) is 1.10. The van der Waals surface area contributed by atoms with Crippen LogP contribution in [0.25, 0.3) is 11.2 Å². The van der Waals surface area contributed by atoms with E-state index in [0.717, 1.165) is 49.5 Å². The van der Waals surface area contributed by atoms with E-state index in [1.54, 1.807) is 0 Å². The van der Waals surface area contributed by atoms with E-state index >= 15 is 0 Å². The number of fused-ring (bicyclic) bond motifs is 1. The number of likely N-dealkylation sites (tertiary alicyclic amines) is 1. The molecule has 0 amide bonds. The van der Waals surface area contributed by atoms with Gasteiger partial charge in [0.15, 0.2) is 5.65 Å².